The van der Waals surface area contributed by atoms with Gasteiger partial charge in [0.2, 0.25) is 5.58 Å². The second-order valence-electron chi connectivity index (χ2n) is 6.62. The van der Waals surface area contributed by atoms with Crippen molar-refractivity contribution in [3.63, 3.8) is 0 Å². The van der Waals surface area contributed by atoms with Crippen LogP contribution in [0.25, 0.3) is 27.7 Å². The van der Waals surface area contributed by atoms with Crippen LogP contribution in [0.1, 0.15) is 0 Å². The fraction of sp³-hybridized carbons (Fsp3) is 0.0455. The number of nitrogens with zero attached hydrogens (tertiary/aromatic N) is 4. The number of rotatable bonds is 4. The van der Waals surface area contributed by atoms with Crippen LogP contribution in [0.15, 0.2) is 80.1 Å². The molecule has 0 amide bonds. The Morgan fingerprint density at radius 1 is 1.12 bits per heavy atom. The average Bonchev–Trinajstić information content (AvgIpc) is 2.80. The van der Waals surface area contributed by atoms with E-state index in [0.717, 1.165) is 20.8 Å². The fourth-order valence-electron chi connectivity index (χ4n) is 3.24. The van der Waals surface area contributed by atoms with E-state index in [1.54, 1.807) is 18.3 Å². The molecule has 0 saturated heterocycles. The Bertz CT molecular complexity index is 1620. The molecule has 158 valence electrons. The van der Waals surface area contributed by atoms with Gasteiger partial charge in [-0.15, -0.1) is 0 Å². The Kier molecular flexibility index (Phi) is 5.38. The molecule has 0 fully saturated rings. The predicted molar refractivity (Wildman–Crippen MR) is 126 cm³/mol. The quantitative estimate of drug-likeness (QED) is 0.247. The van der Waals surface area contributed by atoms with Crippen LogP contribution in [0, 0.1) is 4.84 Å². The third-order valence-corrected chi connectivity index (χ3v) is 6.38. The van der Waals surface area contributed by atoms with E-state index in [4.69, 9.17) is 33.0 Å². The Hall–Kier alpha value is -3.27. The van der Waals surface area contributed by atoms with Gasteiger partial charge >= 0.3 is 0 Å². The molecule has 0 aliphatic carbocycles. The molecule has 0 bridgehead atoms. The Morgan fingerprint density at radius 3 is 2.81 bits per heavy atom. The molecule has 4 heterocycles. The monoisotopic (exact) mass is 480 g/mol. The van der Waals surface area contributed by atoms with Gasteiger partial charge in [-0.25, -0.2) is 19.5 Å². The number of pyridine rings is 3. The molecular formula is C22H13ClN4O3S2. The molecule has 32 heavy (non-hydrogen) atoms. The molecule has 7 nitrogen and oxygen atoms in total. The summed E-state index contributed by atoms with van der Waals surface area (Å²) in [6, 6.07) is 14.5. The molecule has 1 aromatic carbocycles. The number of methoxy groups -OCH3 is 1. The summed E-state index contributed by atoms with van der Waals surface area (Å²) in [4.78, 5) is 26.9. The lowest BCUT2D eigenvalue weighted by atomic mass is 10.2. The van der Waals surface area contributed by atoms with Gasteiger partial charge in [-0.1, -0.05) is 29.4 Å². The lowest BCUT2D eigenvalue weighted by molar-refractivity contribution is 0.404. The SMILES string of the molecule is COc1ccnc2c(=O)n(-c3ccc4nc(Sc5cccnc5Cl)ccc4c3)c(=S)oc12. The molecule has 4 aromatic heterocycles. The molecule has 0 aliphatic heterocycles. The van der Waals surface area contributed by atoms with E-state index < -0.39 is 0 Å². The first-order chi connectivity index (χ1) is 15.5. The van der Waals surface area contributed by atoms with Crippen molar-refractivity contribution in [3.05, 3.63) is 81.3 Å². The van der Waals surface area contributed by atoms with E-state index in [1.807, 2.05) is 36.4 Å². The zero-order valence-electron chi connectivity index (χ0n) is 16.5. The van der Waals surface area contributed by atoms with Crippen LogP contribution in [0.4, 0.5) is 0 Å². The minimum absolute atomic E-state index is 0.000459. The highest BCUT2D eigenvalue weighted by molar-refractivity contribution is 7.99. The van der Waals surface area contributed by atoms with Crippen molar-refractivity contribution in [2.24, 2.45) is 0 Å². The third kappa shape index (κ3) is 3.64. The molecule has 0 spiro atoms. The second-order valence-corrected chi connectivity index (χ2v) is 8.39. The number of aromatic nitrogens is 4. The van der Waals surface area contributed by atoms with Crippen molar-refractivity contribution < 1.29 is 9.15 Å². The topological polar surface area (TPSA) is 83.0 Å². The van der Waals surface area contributed by atoms with E-state index in [2.05, 4.69) is 15.0 Å². The lowest BCUT2D eigenvalue weighted by Crippen LogP contribution is -2.20. The van der Waals surface area contributed by atoms with Crippen LogP contribution < -0.4 is 10.3 Å². The van der Waals surface area contributed by atoms with E-state index in [1.165, 1.54) is 29.6 Å². The molecule has 0 aliphatic rings. The van der Waals surface area contributed by atoms with E-state index in [-0.39, 0.29) is 21.5 Å². The van der Waals surface area contributed by atoms with E-state index in [9.17, 15) is 4.79 Å². The molecule has 10 heteroatoms. The first-order valence-corrected chi connectivity index (χ1v) is 10.9. The van der Waals surface area contributed by atoms with Crippen molar-refractivity contribution >= 4 is 57.6 Å². The van der Waals surface area contributed by atoms with Crippen LogP contribution in [0.3, 0.4) is 0 Å². The number of halogens is 1. The first kappa shape index (κ1) is 20.6. The first-order valence-electron chi connectivity index (χ1n) is 9.33. The van der Waals surface area contributed by atoms with Crippen molar-refractivity contribution in [2.45, 2.75) is 9.92 Å². The zero-order chi connectivity index (χ0) is 22.2. The summed E-state index contributed by atoms with van der Waals surface area (Å²) >= 11 is 12.9. The third-order valence-electron chi connectivity index (χ3n) is 4.71. The van der Waals surface area contributed by atoms with Crippen molar-refractivity contribution in [1.82, 2.24) is 19.5 Å². The van der Waals surface area contributed by atoms with Gasteiger partial charge in [0.1, 0.15) is 10.2 Å². The highest BCUT2D eigenvalue weighted by Gasteiger charge is 2.15. The molecule has 5 rings (SSSR count). The van der Waals surface area contributed by atoms with E-state index in [0.29, 0.717) is 16.6 Å². The second kappa shape index (κ2) is 8.34. The number of benzene rings is 1. The summed E-state index contributed by atoms with van der Waals surface area (Å²) in [5, 5.41) is 2.04. The highest BCUT2D eigenvalue weighted by Crippen LogP contribution is 2.32. The molecule has 0 N–H and O–H groups in total. The number of ether oxygens (including phenoxy) is 1. The normalized spacial score (nSPS) is 11.2. The molecule has 5 aromatic rings. The number of hydrogen-bond acceptors (Lipinski definition) is 8. The molecule has 0 saturated carbocycles. The standard InChI is InChI=1S/C22H13ClN4O3S2/c1-29-15-8-10-24-18-19(15)30-22(31)27(21(18)28)13-5-6-14-12(11-13)4-7-17(26-14)32-16-3-2-9-25-20(16)23/h2-11H,1H3. The van der Waals surface area contributed by atoms with Crippen LogP contribution >= 0.6 is 35.6 Å². The number of hydrogen-bond donors (Lipinski definition) is 0. The maximum Gasteiger partial charge on any atom is 0.288 e. The van der Waals surface area contributed by atoms with Crippen LogP contribution in [-0.4, -0.2) is 26.6 Å². The van der Waals surface area contributed by atoms with Crippen molar-refractivity contribution in [3.8, 4) is 11.4 Å². The summed E-state index contributed by atoms with van der Waals surface area (Å²) in [7, 11) is 1.49. The Morgan fingerprint density at radius 2 is 2.00 bits per heavy atom. The maximum absolute atomic E-state index is 13.1. The summed E-state index contributed by atoms with van der Waals surface area (Å²) in [5.74, 6) is 0.395. The largest absolute Gasteiger partial charge is 0.493 e. The van der Waals surface area contributed by atoms with E-state index >= 15 is 0 Å². The Balaban J connectivity index is 1.59. The van der Waals surface area contributed by atoms with Crippen LogP contribution in [-0.2, 0) is 0 Å². The average molecular weight is 481 g/mol. The van der Waals surface area contributed by atoms with Gasteiger partial charge in [-0.3, -0.25) is 4.79 Å². The van der Waals surface area contributed by atoms with Gasteiger partial charge in [0.15, 0.2) is 11.3 Å². The number of fused-ring (bicyclic) bond motifs is 2. The molecule has 0 radical (unpaired) electrons. The summed E-state index contributed by atoms with van der Waals surface area (Å²) in [5.41, 5.74) is 1.28. The van der Waals surface area contributed by atoms with Crippen LogP contribution in [0.5, 0.6) is 5.75 Å². The van der Waals surface area contributed by atoms with Crippen LogP contribution in [0.2, 0.25) is 5.15 Å². The van der Waals surface area contributed by atoms with Gasteiger partial charge in [0, 0.05) is 23.8 Å². The van der Waals surface area contributed by atoms with Crippen molar-refractivity contribution in [2.75, 3.05) is 7.11 Å². The summed E-state index contributed by atoms with van der Waals surface area (Å²) in [6.07, 6.45) is 3.13. The Labute approximate surface area is 195 Å². The predicted octanol–water partition coefficient (Wildman–Crippen LogP) is 5.46. The van der Waals surface area contributed by atoms with Gasteiger partial charge in [0.05, 0.1) is 23.2 Å². The molecule has 0 unspecified atom stereocenters. The van der Waals surface area contributed by atoms with Gasteiger partial charge < -0.3 is 9.15 Å². The smallest absolute Gasteiger partial charge is 0.288 e. The summed E-state index contributed by atoms with van der Waals surface area (Å²) < 4.78 is 12.3. The maximum atomic E-state index is 13.1. The minimum Gasteiger partial charge on any atom is -0.493 e. The molecular weight excluding hydrogens is 468 g/mol. The van der Waals surface area contributed by atoms with Crippen molar-refractivity contribution in [1.29, 1.82) is 0 Å². The lowest BCUT2D eigenvalue weighted by Gasteiger charge is -2.10. The zero-order valence-corrected chi connectivity index (χ0v) is 18.9. The minimum atomic E-state index is -0.388. The van der Waals surface area contributed by atoms with Gasteiger partial charge in [0.25, 0.3) is 10.4 Å². The van der Waals surface area contributed by atoms with Gasteiger partial charge in [-0.2, -0.15) is 0 Å². The summed E-state index contributed by atoms with van der Waals surface area (Å²) in [6.45, 7) is 0. The van der Waals surface area contributed by atoms with Gasteiger partial charge in [-0.05, 0) is 48.6 Å². The highest BCUT2D eigenvalue weighted by atomic mass is 35.5. The molecule has 0 atom stereocenters. The fourth-order valence-corrected chi connectivity index (χ4v) is 4.53.